The number of anilines is 1. The maximum Gasteiger partial charge on any atom is 0.412 e. The van der Waals surface area contributed by atoms with Gasteiger partial charge in [-0.3, -0.25) is 9.72 Å². The van der Waals surface area contributed by atoms with Gasteiger partial charge in [-0.25, -0.2) is 14.5 Å². The Balaban J connectivity index is 1.35. The Morgan fingerprint density at radius 1 is 1.28 bits per heavy atom. The van der Waals surface area contributed by atoms with Crippen LogP contribution < -0.4 is 5.32 Å². The van der Waals surface area contributed by atoms with Crippen molar-refractivity contribution in [1.82, 2.24) is 24.4 Å². The normalized spacial score (nSPS) is 15.1. The predicted octanol–water partition coefficient (Wildman–Crippen LogP) is 4.28. The van der Waals surface area contributed by atoms with Crippen molar-refractivity contribution in [3.63, 3.8) is 0 Å². The van der Waals surface area contributed by atoms with Crippen LogP contribution >= 0.6 is 11.3 Å². The van der Waals surface area contributed by atoms with E-state index in [4.69, 9.17) is 4.74 Å². The molecule has 0 aliphatic heterocycles. The molecule has 1 fully saturated rings. The van der Waals surface area contributed by atoms with Crippen LogP contribution in [0.15, 0.2) is 43.0 Å². The third kappa shape index (κ3) is 4.11. The van der Waals surface area contributed by atoms with E-state index in [0.29, 0.717) is 17.3 Å². The second-order valence-electron chi connectivity index (χ2n) is 8.89. The van der Waals surface area contributed by atoms with Gasteiger partial charge in [-0.1, -0.05) is 5.21 Å². The van der Waals surface area contributed by atoms with Crippen LogP contribution in [0.2, 0.25) is 0 Å². The van der Waals surface area contributed by atoms with Gasteiger partial charge in [0.2, 0.25) is 0 Å². The first kappa shape index (κ1) is 20.7. The number of fused-ring (bicyclic) bond motifs is 1. The van der Waals surface area contributed by atoms with Crippen molar-refractivity contribution < 1.29 is 14.6 Å². The van der Waals surface area contributed by atoms with Gasteiger partial charge in [0.25, 0.3) is 0 Å². The van der Waals surface area contributed by atoms with Crippen LogP contribution in [-0.2, 0) is 4.74 Å². The molecule has 1 unspecified atom stereocenters. The summed E-state index contributed by atoms with van der Waals surface area (Å²) in [5.41, 5.74) is 2.10. The van der Waals surface area contributed by atoms with Crippen molar-refractivity contribution in [3.05, 3.63) is 59.3 Å². The van der Waals surface area contributed by atoms with Crippen molar-refractivity contribution in [2.24, 2.45) is 0 Å². The molecule has 4 aromatic rings. The Morgan fingerprint density at radius 3 is 2.72 bits per heavy atom. The average molecular weight is 453 g/mol. The highest BCUT2D eigenvalue weighted by atomic mass is 32.1. The van der Waals surface area contributed by atoms with Gasteiger partial charge in [0.05, 0.1) is 23.8 Å². The first-order chi connectivity index (χ1) is 15.3. The monoisotopic (exact) mass is 452 g/mol. The maximum absolute atomic E-state index is 11.9. The Kier molecular flexibility index (Phi) is 4.98. The number of aromatic nitrogens is 5. The van der Waals surface area contributed by atoms with Gasteiger partial charge in [0, 0.05) is 10.6 Å². The fourth-order valence-electron chi connectivity index (χ4n) is 3.51. The third-order valence-corrected chi connectivity index (χ3v) is 6.38. The number of ether oxygens (including phenoxy) is 1. The van der Waals surface area contributed by atoms with Crippen LogP contribution in [0.25, 0.3) is 10.5 Å². The average Bonchev–Trinajstić information content (AvgIpc) is 3.12. The second kappa shape index (κ2) is 7.72. The summed E-state index contributed by atoms with van der Waals surface area (Å²) in [6.07, 6.45) is 6.16. The quantitative estimate of drug-likeness (QED) is 0.468. The lowest BCUT2D eigenvalue weighted by Crippen LogP contribution is -2.27. The molecule has 1 atom stereocenters. The fourth-order valence-corrected chi connectivity index (χ4v) is 4.81. The lowest BCUT2D eigenvalue weighted by atomic mass is 10.1. The number of amides is 1. The number of nitrogens with zero attached hydrogens (tertiary/aromatic N) is 5. The van der Waals surface area contributed by atoms with E-state index < -0.39 is 17.8 Å². The lowest BCUT2D eigenvalue weighted by Gasteiger charge is -2.19. The highest BCUT2D eigenvalue weighted by molar-refractivity contribution is 7.17. The van der Waals surface area contributed by atoms with Crippen LogP contribution in [0.5, 0.6) is 0 Å². The molecule has 1 aliphatic carbocycles. The van der Waals surface area contributed by atoms with Gasteiger partial charge in [-0.2, -0.15) is 0 Å². The van der Waals surface area contributed by atoms with E-state index in [1.165, 1.54) is 4.88 Å². The number of carbonyl (C=O) groups excluding carboxylic acids is 1. The minimum Gasteiger partial charge on any atom is -0.444 e. The largest absolute Gasteiger partial charge is 0.444 e. The fraction of sp³-hybridized carbons (Fsp3) is 0.364. The van der Waals surface area contributed by atoms with E-state index in [0.717, 1.165) is 29.1 Å². The van der Waals surface area contributed by atoms with E-state index in [2.05, 4.69) is 20.6 Å². The molecule has 5 rings (SSSR count). The second-order valence-corrected chi connectivity index (χ2v) is 9.95. The molecule has 9 nitrogen and oxygen atoms in total. The molecule has 3 heterocycles. The zero-order valence-corrected chi connectivity index (χ0v) is 18.8. The Bertz CT molecular complexity index is 1260. The SMILES string of the molecule is CC(C)(C)OC(=O)Nc1ccc(-n2cc(C(O)c3c(C4CC4)sc4cncn34)nn2)cc1. The van der Waals surface area contributed by atoms with Crippen LogP contribution in [0, 0.1) is 0 Å². The van der Waals surface area contributed by atoms with Crippen LogP contribution in [0.4, 0.5) is 10.5 Å². The Labute approximate surface area is 188 Å². The first-order valence-electron chi connectivity index (χ1n) is 10.4. The summed E-state index contributed by atoms with van der Waals surface area (Å²) < 4.78 is 8.81. The van der Waals surface area contributed by atoms with E-state index in [1.54, 1.807) is 40.7 Å². The van der Waals surface area contributed by atoms with Crippen LogP contribution in [0.3, 0.4) is 0 Å². The van der Waals surface area contributed by atoms with E-state index in [-0.39, 0.29) is 0 Å². The standard InChI is InChI=1S/C22H24N6O3S/c1-22(2,3)31-21(30)24-14-6-8-15(9-7-14)28-11-16(25-26-28)19(29)18-20(13-4-5-13)32-17-10-23-12-27(17)18/h6-13,19,29H,4-5H2,1-3H3,(H,24,30). The molecular formula is C22H24N6O3S. The van der Waals surface area contributed by atoms with Crippen molar-refractivity contribution in [1.29, 1.82) is 0 Å². The number of nitrogens with one attached hydrogen (secondary N) is 1. The Hall–Kier alpha value is -3.24. The predicted molar refractivity (Wildman–Crippen MR) is 120 cm³/mol. The number of aliphatic hydroxyl groups is 1. The molecule has 0 radical (unpaired) electrons. The molecule has 1 amide bonds. The molecule has 32 heavy (non-hydrogen) atoms. The first-order valence-corrected chi connectivity index (χ1v) is 11.3. The summed E-state index contributed by atoms with van der Waals surface area (Å²) in [6, 6.07) is 7.14. The van der Waals surface area contributed by atoms with Crippen LogP contribution in [0.1, 0.15) is 61.9 Å². The number of imidazole rings is 1. The molecular weight excluding hydrogens is 428 g/mol. The van der Waals surface area contributed by atoms with Gasteiger partial charge in [-0.05, 0) is 63.8 Å². The summed E-state index contributed by atoms with van der Waals surface area (Å²) in [4.78, 5) is 18.3. The summed E-state index contributed by atoms with van der Waals surface area (Å²) >= 11 is 1.68. The topological polar surface area (TPSA) is 107 Å². The molecule has 0 bridgehead atoms. The van der Waals surface area contributed by atoms with Gasteiger partial charge < -0.3 is 9.84 Å². The highest BCUT2D eigenvalue weighted by Crippen LogP contribution is 2.47. The summed E-state index contributed by atoms with van der Waals surface area (Å²) in [5, 5.41) is 22.2. The third-order valence-electron chi connectivity index (χ3n) is 5.11. The molecule has 1 aromatic carbocycles. The zero-order valence-electron chi connectivity index (χ0n) is 18.0. The number of thiazole rings is 1. The maximum atomic E-state index is 11.9. The number of benzene rings is 1. The number of aliphatic hydroxyl groups excluding tert-OH is 1. The van der Waals surface area contributed by atoms with E-state index in [1.807, 2.05) is 43.5 Å². The van der Waals surface area contributed by atoms with Crippen molar-refractivity contribution in [2.75, 3.05) is 5.32 Å². The highest BCUT2D eigenvalue weighted by Gasteiger charge is 2.33. The summed E-state index contributed by atoms with van der Waals surface area (Å²) in [5.74, 6) is 0.504. The molecule has 1 aliphatic rings. The van der Waals surface area contributed by atoms with Gasteiger partial charge in [0.15, 0.2) is 0 Å². The number of hydrogen-bond donors (Lipinski definition) is 2. The van der Waals surface area contributed by atoms with Gasteiger partial charge >= 0.3 is 6.09 Å². The molecule has 1 saturated carbocycles. The lowest BCUT2D eigenvalue weighted by molar-refractivity contribution is 0.0636. The van der Waals surface area contributed by atoms with E-state index in [9.17, 15) is 9.90 Å². The number of carbonyl (C=O) groups is 1. The minimum atomic E-state index is -0.893. The molecule has 3 aromatic heterocycles. The summed E-state index contributed by atoms with van der Waals surface area (Å²) in [6.45, 7) is 5.44. The molecule has 166 valence electrons. The number of hydrogen-bond acceptors (Lipinski definition) is 7. The molecule has 0 saturated heterocycles. The molecule has 2 N–H and O–H groups in total. The van der Waals surface area contributed by atoms with Crippen LogP contribution in [-0.4, -0.2) is 41.2 Å². The Morgan fingerprint density at radius 2 is 2.03 bits per heavy atom. The number of rotatable bonds is 5. The smallest absolute Gasteiger partial charge is 0.412 e. The van der Waals surface area contributed by atoms with Crippen molar-refractivity contribution in [2.45, 2.75) is 51.2 Å². The molecule has 10 heteroatoms. The van der Waals surface area contributed by atoms with Crippen molar-refractivity contribution >= 4 is 27.9 Å². The van der Waals surface area contributed by atoms with E-state index >= 15 is 0 Å². The molecule has 0 spiro atoms. The zero-order chi connectivity index (χ0) is 22.5. The van der Waals surface area contributed by atoms with Gasteiger partial charge in [0.1, 0.15) is 28.6 Å². The van der Waals surface area contributed by atoms with Gasteiger partial charge in [-0.15, -0.1) is 16.4 Å². The van der Waals surface area contributed by atoms with Crippen molar-refractivity contribution in [3.8, 4) is 5.69 Å². The minimum absolute atomic E-state index is 0.469. The summed E-state index contributed by atoms with van der Waals surface area (Å²) in [7, 11) is 0.